The summed E-state index contributed by atoms with van der Waals surface area (Å²) in [5.74, 6) is 0.853. The highest BCUT2D eigenvalue weighted by Crippen LogP contribution is 2.34. The van der Waals surface area contributed by atoms with E-state index in [1.165, 1.54) is 18.4 Å². The van der Waals surface area contributed by atoms with Gasteiger partial charge in [-0.1, -0.05) is 28.1 Å². The number of nitrogens with one attached hydrogen (secondary N) is 2. The van der Waals surface area contributed by atoms with Crippen LogP contribution in [0.4, 0.5) is 0 Å². The summed E-state index contributed by atoms with van der Waals surface area (Å²) in [7, 11) is 1.81. The Labute approximate surface area is 128 Å². The Morgan fingerprint density at radius 1 is 1.45 bits per heavy atom. The first kappa shape index (κ1) is 13.9. The number of rotatable bonds is 3. The van der Waals surface area contributed by atoms with Crippen LogP contribution in [0.5, 0.6) is 0 Å². The van der Waals surface area contributed by atoms with Crippen LogP contribution in [0.2, 0.25) is 0 Å². The Morgan fingerprint density at radius 3 is 3.00 bits per heavy atom. The summed E-state index contributed by atoms with van der Waals surface area (Å²) in [5.41, 5.74) is 1.23. The molecule has 1 aromatic rings. The molecular weight excluding hydrogens is 318 g/mol. The van der Waals surface area contributed by atoms with Gasteiger partial charge in [0.25, 0.3) is 0 Å². The van der Waals surface area contributed by atoms with Crippen LogP contribution in [-0.4, -0.2) is 31.3 Å². The van der Waals surface area contributed by atoms with E-state index >= 15 is 0 Å². The maximum Gasteiger partial charge on any atom is 0.191 e. The third kappa shape index (κ3) is 3.15. The van der Waals surface area contributed by atoms with Crippen molar-refractivity contribution in [3.63, 3.8) is 0 Å². The van der Waals surface area contributed by atoms with Gasteiger partial charge in [-0.25, -0.2) is 0 Å². The molecular formula is C15H20BrN3O. The van der Waals surface area contributed by atoms with Gasteiger partial charge in [0.05, 0.1) is 18.2 Å². The molecule has 2 aliphatic heterocycles. The van der Waals surface area contributed by atoms with E-state index in [1.54, 1.807) is 0 Å². The SMILES string of the molecule is CN=C(NCc1cccc(Br)c1)NC1CC2CCC1O2. The fourth-order valence-corrected chi connectivity index (χ4v) is 3.44. The predicted molar refractivity (Wildman–Crippen MR) is 83.8 cm³/mol. The van der Waals surface area contributed by atoms with Crippen molar-refractivity contribution < 1.29 is 4.74 Å². The van der Waals surface area contributed by atoms with E-state index < -0.39 is 0 Å². The van der Waals surface area contributed by atoms with Crippen LogP contribution in [0.3, 0.4) is 0 Å². The summed E-state index contributed by atoms with van der Waals surface area (Å²) in [6, 6.07) is 8.69. The van der Waals surface area contributed by atoms with Crippen molar-refractivity contribution in [3.8, 4) is 0 Å². The molecule has 2 saturated heterocycles. The number of fused-ring (bicyclic) bond motifs is 2. The molecule has 0 aromatic heterocycles. The van der Waals surface area contributed by atoms with Gasteiger partial charge in [-0.2, -0.15) is 0 Å². The van der Waals surface area contributed by atoms with E-state index in [9.17, 15) is 0 Å². The van der Waals surface area contributed by atoms with Gasteiger partial charge in [0.2, 0.25) is 0 Å². The van der Waals surface area contributed by atoms with Crippen molar-refractivity contribution in [3.05, 3.63) is 34.3 Å². The Morgan fingerprint density at radius 2 is 2.35 bits per heavy atom. The molecule has 20 heavy (non-hydrogen) atoms. The molecule has 2 N–H and O–H groups in total. The van der Waals surface area contributed by atoms with Crippen molar-refractivity contribution >= 4 is 21.9 Å². The highest BCUT2D eigenvalue weighted by Gasteiger charge is 2.41. The van der Waals surface area contributed by atoms with E-state index in [0.29, 0.717) is 18.2 Å². The minimum Gasteiger partial charge on any atom is -0.373 e. The van der Waals surface area contributed by atoms with Gasteiger partial charge in [-0.15, -0.1) is 0 Å². The lowest BCUT2D eigenvalue weighted by molar-refractivity contribution is 0.0992. The van der Waals surface area contributed by atoms with Gasteiger partial charge in [0.15, 0.2) is 5.96 Å². The molecule has 3 unspecified atom stereocenters. The van der Waals surface area contributed by atoms with Crippen molar-refractivity contribution in [1.82, 2.24) is 10.6 Å². The maximum absolute atomic E-state index is 5.86. The largest absolute Gasteiger partial charge is 0.373 e. The van der Waals surface area contributed by atoms with E-state index in [1.807, 2.05) is 19.2 Å². The lowest BCUT2D eigenvalue weighted by atomic mass is 9.96. The molecule has 2 aliphatic rings. The van der Waals surface area contributed by atoms with Crippen LogP contribution >= 0.6 is 15.9 Å². The molecule has 2 heterocycles. The van der Waals surface area contributed by atoms with Gasteiger partial charge in [0.1, 0.15) is 0 Å². The number of guanidine groups is 1. The van der Waals surface area contributed by atoms with Crippen molar-refractivity contribution in [2.45, 2.75) is 44.1 Å². The Bertz CT molecular complexity index is 506. The first-order valence-electron chi connectivity index (χ1n) is 7.11. The summed E-state index contributed by atoms with van der Waals surface area (Å²) in [6.45, 7) is 0.765. The molecule has 4 nitrogen and oxygen atoms in total. The molecule has 2 bridgehead atoms. The number of benzene rings is 1. The highest BCUT2D eigenvalue weighted by atomic mass is 79.9. The topological polar surface area (TPSA) is 45.7 Å². The summed E-state index contributed by atoms with van der Waals surface area (Å²) >= 11 is 3.49. The van der Waals surface area contributed by atoms with Crippen LogP contribution in [-0.2, 0) is 11.3 Å². The Hall–Kier alpha value is -1.07. The monoisotopic (exact) mass is 337 g/mol. The molecule has 3 rings (SSSR count). The molecule has 0 aliphatic carbocycles. The fraction of sp³-hybridized carbons (Fsp3) is 0.533. The van der Waals surface area contributed by atoms with Crippen molar-refractivity contribution in [2.75, 3.05) is 7.05 Å². The second kappa shape index (κ2) is 6.14. The highest BCUT2D eigenvalue weighted by molar-refractivity contribution is 9.10. The van der Waals surface area contributed by atoms with E-state index in [4.69, 9.17) is 4.74 Å². The van der Waals surface area contributed by atoms with Crippen LogP contribution in [0, 0.1) is 0 Å². The molecule has 0 saturated carbocycles. The standard InChI is InChI=1S/C15H20BrN3O/c1-17-15(18-9-10-3-2-4-11(16)7-10)19-13-8-12-5-6-14(13)20-12/h2-4,7,12-14H,5-6,8-9H2,1H3,(H2,17,18,19). The van der Waals surface area contributed by atoms with Gasteiger partial charge in [0, 0.05) is 18.1 Å². The molecule has 3 atom stereocenters. The van der Waals surface area contributed by atoms with Crippen LogP contribution < -0.4 is 10.6 Å². The fourth-order valence-electron chi connectivity index (χ4n) is 2.99. The molecule has 0 spiro atoms. The average Bonchev–Trinajstić information content (AvgIpc) is 3.06. The van der Waals surface area contributed by atoms with E-state index in [0.717, 1.165) is 23.4 Å². The summed E-state index contributed by atoms with van der Waals surface area (Å²) in [6.07, 6.45) is 4.31. The van der Waals surface area contributed by atoms with Gasteiger partial charge in [-0.05, 0) is 37.0 Å². The minimum absolute atomic E-state index is 0.365. The van der Waals surface area contributed by atoms with Crippen LogP contribution in [0.1, 0.15) is 24.8 Å². The Kier molecular flexibility index (Phi) is 4.27. The first-order chi connectivity index (χ1) is 9.74. The van der Waals surface area contributed by atoms with Crippen molar-refractivity contribution in [1.29, 1.82) is 0 Å². The van der Waals surface area contributed by atoms with Gasteiger partial charge < -0.3 is 15.4 Å². The molecule has 0 amide bonds. The Balaban J connectivity index is 1.53. The van der Waals surface area contributed by atoms with Gasteiger partial charge in [-0.3, -0.25) is 4.99 Å². The average molecular weight is 338 g/mol. The quantitative estimate of drug-likeness (QED) is 0.657. The van der Waals surface area contributed by atoms with Crippen molar-refractivity contribution in [2.24, 2.45) is 4.99 Å². The molecule has 108 valence electrons. The number of halogens is 1. The minimum atomic E-state index is 0.365. The summed E-state index contributed by atoms with van der Waals surface area (Å²) < 4.78 is 6.96. The third-order valence-corrected chi connectivity index (χ3v) is 4.49. The molecule has 5 heteroatoms. The first-order valence-corrected chi connectivity index (χ1v) is 7.91. The van der Waals surface area contributed by atoms with Crippen LogP contribution in [0.15, 0.2) is 33.7 Å². The number of nitrogens with zero attached hydrogens (tertiary/aromatic N) is 1. The van der Waals surface area contributed by atoms with Crippen LogP contribution in [0.25, 0.3) is 0 Å². The zero-order chi connectivity index (χ0) is 13.9. The number of ether oxygens (including phenoxy) is 1. The predicted octanol–water partition coefficient (Wildman–Crippen LogP) is 2.43. The second-order valence-corrected chi connectivity index (χ2v) is 6.33. The molecule has 1 aromatic carbocycles. The normalized spacial score (nSPS) is 28.7. The van der Waals surface area contributed by atoms with E-state index in [-0.39, 0.29) is 0 Å². The molecule has 0 radical (unpaired) electrons. The third-order valence-electron chi connectivity index (χ3n) is 4.00. The zero-order valence-electron chi connectivity index (χ0n) is 11.6. The lowest BCUT2D eigenvalue weighted by Crippen LogP contribution is -2.47. The number of hydrogen-bond donors (Lipinski definition) is 2. The summed E-state index contributed by atoms with van der Waals surface area (Å²) in [5, 5.41) is 6.85. The molecule has 2 fully saturated rings. The van der Waals surface area contributed by atoms with E-state index in [2.05, 4.69) is 43.7 Å². The smallest absolute Gasteiger partial charge is 0.191 e. The summed E-state index contributed by atoms with van der Waals surface area (Å²) in [4.78, 5) is 4.30. The zero-order valence-corrected chi connectivity index (χ0v) is 13.2. The maximum atomic E-state index is 5.86. The second-order valence-electron chi connectivity index (χ2n) is 5.42. The lowest BCUT2D eigenvalue weighted by Gasteiger charge is -2.22. The number of aliphatic imine (C=N–C) groups is 1. The van der Waals surface area contributed by atoms with Gasteiger partial charge >= 0.3 is 0 Å². The number of hydrogen-bond acceptors (Lipinski definition) is 2.